The lowest BCUT2D eigenvalue weighted by atomic mass is 9.91. The number of nitrogens with zero attached hydrogens (tertiary/aromatic N) is 2. The van der Waals surface area contributed by atoms with Crippen molar-refractivity contribution in [2.75, 3.05) is 13.6 Å². The minimum Gasteiger partial charge on any atom is -0.330 e. The normalized spacial score (nSPS) is 16.9. The highest BCUT2D eigenvalue weighted by Crippen LogP contribution is 2.22. The van der Waals surface area contributed by atoms with Gasteiger partial charge in [0.15, 0.2) is 0 Å². The van der Waals surface area contributed by atoms with Crippen LogP contribution in [-0.2, 0) is 6.42 Å². The lowest BCUT2D eigenvalue weighted by molar-refractivity contribution is 0.385. The Morgan fingerprint density at radius 2 is 1.79 bits per heavy atom. The van der Waals surface area contributed by atoms with Crippen molar-refractivity contribution < 1.29 is 0 Å². The number of aliphatic imine (C=N–C) groups is 1. The first-order chi connectivity index (χ1) is 20.4. The van der Waals surface area contributed by atoms with Crippen LogP contribution in [0.4, 0.5) is 0 Å². The molecule has 0 heterocycles. The van der Waals surface area contributed by atoms with Crippen molar-refractivity contribution in [3.63, 3.8) is 0 Å². The van der Waals surface area contributed by atoms with Crippen LogP contribution in [0.15, 0.2) is 71.9 Å². The van der Waals surface area contributed by atoms with Gasteiger partial charge in [-0.2, -0.15) is 0 Å². The predicted molar refractivity (Wildman–Crippen MR) is 191 cm³/mol. The molecule has 3 rings (SSSR count). The number of amidine groups is 1. The molecule has 0 aromatic heterocycles. The molecule has 234 valence electrons. The fourth-order valence-electron chi connectivity index (χ4n) is 5.10. The van der Waals surface area contributed by atoms with Crippen LogP contribution in [0.2, 0.25) is 0 Å². The third kappa shape index (κ3) is 17.2. The second-order valence-corrected chi connectivity index (χ2v) is 11.1. The molecule has 2 aliphatic rings. The van der Waals surface area contributed by atoms with Gasteiger partial charge < -0.3 is 4.90 Å². The Kier molecular flexibility index (Phi) is 24.2. The van der Waals surface area contributed by atoms with Gasteiger partial charge in [-0.25, -0.2) is 0 Å². The molecule has 2 nitrogen and oxygen atoms in total. The van der Waals surface area contributed by atoms with Gasteiger partial charge in [-0.3, -0.25) is 4.99 Å². The highest BCUT2D eigenvalue weighted by molar-refractivity contribution is 5.84. The van der Waals surface area contributed by atoms with Crippen molar-refractivity contribution in [2.45, 2.75) is 126 Å². The number of hydrogen-bond donors (Lipinski definition) is 0. The molecule has 1 aromatic carbocycles. The molecule has 0 amide bonds. The second-order valence-electron chi connectivity index (χ2n) is 11.1. The van der Waals surface area contributed by atoms with Crippen molar-refractivity contribution in [1.29, 1.82) is 0 Å². The summed E-state index contributed by atoms with van der Waals surface area (Å²) in [5.41, 5.74) is 4.76. The van der Waals surface area contributed by atoms with E-state index in [0.29, 0.717) is 0 Å². The Labute approximate surface area is 262 Å². The largest absolute Gasteiger partial charge is 0.330 e. The van der Waals surface area contributed by atoms with Crippen LogP contribution >= 0.6 is 0 Å². The van der Waals surface area contributed by atoms with Gasteiger partial charge in [0.1, 0.15) is 5.84 Å². The maximum Gasteiger partial charge on any atom is 0.103 e. The van der Waals surface area contributed by atoms with E-state index in [9.17, 15) is 0 Å². The Bertz CT molecular complexity index is 1020. The monoisotopic (exact) mass is 573 g/mol. The number of likely N-dealkylation sites (N-methyl/N-ethyl adjacent to an activating group) is 1. The molecule has 2 heteroatoms. The fourth-order valence-corrected chi connectivity index (χ4v) is 5.10. The van der Waals surface area contributed by atoms with Gasteiger partial charge in [-0.15, -0.1) is 0 Å². The van der Waals surface area contributed by atoms with Gasteiger partial charge >= 0.3 is 0 Å². The number of hydrogen-bond acceptors (Lipinski definition) is 1. The van der Waals surface area contributed by atoms with Crippen LogP contribution in [0.5, 0.6) is 0 Å². The van der Waals surface area contributed by atoms with E-state index in [0.717, 1.165) is 54.7 Å². The summed E-state index contributed by atoms with van der Waals surface area (Å²) in [6, 6.07) is 6.56. The lowest BCUT2D eigenvalue weighted by Gasteiger charge is -2.25. The average molecular weight is 573 g/mol. The third-order valence-electron chi connectivity index (χ3n) is 7.58. The van der Waals surface area contributed by atoms with E-state index in [1.165, 1.54) is 62.5 Å². The van der Waals surface area contributed by atoms with Crippen LogP contribution in [-0.4, -0.2) is 24.3 Å². The van der Waals surface area contributed by atoms with E-state index in [2.05, 4.69) is 99.4 Å². The van der Waals surface area contributed by atoms with E-state index in [1.54, 1.807) is 0 Å². The van der Waals surface area contributed by atoms with E-state index < -0.39 is 0 Å². The first kappa shape index (κ1) is 39.2. The molecule has 1 saturated carbocycles. The van der Waals surface area contributed by atoms with Crippen molar-refractivity contribution in [1.82, 2.24) is 4.90 Å². The smallest absolute Gasteiger partial charge is 0.103 e. The molecule has 1 aromatic rings. The lowest BCUT2D eigenvalue weighted by Crippen LogP contribution is -2.30. The van der Waals surface area contributed by atoms with Crippen LogP contribution in [0.1, 0.15) is 129 Å². The average Bonchev–Trinajstić information content (AvgIpc) is 3.02. The quantitative estimate of drug-likeness (QED) is 0.104. The van der Waals surface area contributed by atoms with Crippen LogP contribution in [0, 0.1) is 30.6 Å². The SMILES string of the molecule is C=C/C(=C\C=C/C)N(CC)C(CCc1ccc(C#CCC)c(C)c1)=NC.CC.CC1C=CCCC1.CC1CCCCC1. The minimum absolute atomic E-state index is 0.855. The maximum atomic E-state index is 4.54. The number of rotatable bonds is 7. The Hall–Kier alpha value is -2.79. The van der Waals surface area contributed by atoms with Gasteiger partial charge in [-0.05, 0) is 87.6 Å². The van der Waals surface area contributed by atoms with E-state index in [-0.39, 0.29) is 0 Å². The van der Waals surface area contributed by atoms with Crippen molar-refractivity contribution in [3.05, 3.63) is 83.6 Å². The zero-order valence-corrected chi connectivity index (χ0v) is 28.9. The van der Waals surface area contributed by atoms with Gasteiger partial charge in [0, 0.05) is 37.7 Å². The Balaban J connectivity index is 0.000000840. The number of allylic oxidation sites excluding steroid dienone is 6. The summed E-state index contributed by atoms with van der Waals surface area (Å²) in [6.45, 7) is 21.8. The molecule has 2 aliphatic carbocycles. The molecule has 0 radical (unpaired) electrons. The van der Waals surface area contributed by atoms with Gasteiger partial charge in [-0.1, -0.05) is 122 Å². The molecule has 0 bridgehead atoms. The molecular formula is C40H64N2. The minimum atomic E-state index is 0.855. The third-order valence-corrected chi connectivity index (χ3v) is 7.58. The summed E-state index contributed by atoms with van der Waals surface area (Å²) in [6.07, 6.45) is 26.9. The predicted octanol–water partition coefficient (Wildman–Crippen LogP) is 11.7. The van der Waals surface area contributed by atoms with Crippen molar-refractivity contribution >= 4 is 5.84 Å². The van der Waals surface area contributed by atoms with Crippen LogP contribution in [0.25, 0.3) is 0 Å². The van der Waals surface area contributed by atoms with Gasteiger partial charge in [0.25, 0.3) is 0 Å². The van der Waals surface area contributed by atoms with E-state index >= 15 is 0 Å². The Morgan fingerprint density at radius 3 is 2.21 bits per heavy atom. The molecule has 0 N–H and O–H groups in total. The summed E-state index contributed by atoms with van der Waals surface area (Å²) >= 11 is 0. The summed E-state index contributed by atoms with van der Waals surface area (Å²) < 4.78 is 0. The molecule has 1 fully saturated rings. The molecule has 1 atom stereocenters. The first-order valence-electron chi connectivity index (χ1n) is 16.8. The fraction of sp³-hybridized carbons (Fsp3) is 0.575. The number of benzene rings is 1. The summed E-state index contributed by atoms with van der Waals surface area (Å²) in [4.78, 5) is 6.76. The molecule has 0 saturated heterocycles. The standard InChI is InChI=1S/C24H32N2.C7H14.C7H12.C2H6/c1-7-11-13-22-17-15-21(19-20(22)5)16-18-24(25-6)26(10-4)23(9-3)14-12-8-2;2*1-7-5-3-2-4-6-7;1-2/h8-9,12,14-15,17,19H,3,7,10,16,18H2,1-2,4-6H3;7H,2-6H2,1H3;3,5,7H,2,4,6H2,1H3;1-2H3/b12-8-,23-14+,25-24?;;;. The first-order valence-corrected chi connectivity index (χ1v) is 16.8. The molecule has 42 heavy (non-hydrogen) atoms. The maximum absolute atomic E-state index is 4.54. The summed E-state index contributed by atoms with van der Waals surface area (Å²) in [7, 11) is 1.86. The zero-order valence-electron chi connectivity index (χ0n) is 28.9. The van der Waals surface area contributed by atoms with Gasteiger partial charge in [0.05, 0.1) is 0 Å². The molecule has 0 spiro atoms. The summed E-state index contributed by atoms with van der Waals surface area (Å²) in [5, 5.41) is 0. The van der Waals surface area contributed by atoms with Crippen LogP contribution in [0.3, 0.4) is 0 Å². The highest BCUT2D eigenvalue weighted by atomic mass is 15.2. The van der Waals surface area contributed by atoms with E-state index in [4.69, 9.17) is 0 Å². The second kappa shape index (κ2) is 25.9. The summed E-state index contributed by atoms with van der Waals surface area (Å²) in [5.74, 6) is 9.34. The van der Waals surface area contributed by atoms with Crippen LogP contribution < -0.4 is 0 Å². The molecule has 0 aliphatic heterocycles. The van der Waals surface area contributed by atoms with Crippen molar-refractivity contribution in [2.24, 2.45) is 16.8 Å². The van der Waals surface area contributed by atoms with Crippen molar-refractivity contribution in [3.8, 4) is 11.8 Å². The van der Waals surface area contributed by atoms with E-state index in [1.807, 2.05) is 46.0 Å². The highest BCUT2D eigenvalue weighted by Gasteiger charge is 2.12. The molecular weight excluding hydrogens is 508 g/mol. The topological polar surface area (TPSA) is 15.6 Å². The number of aryl methyl sites for hydroxylation is 2. The van der Waals surface area contributed by atoms with Gasteiger partial charge in [0.2, 0.25) is 0 Å². The Morgan fingerprint density at radius 1 is 1.07 bits per heavy atom. The zero-order chi connectivity index (χ0) is 31.6. The molecule has 1 unspecified atom stereocenters.